The van der Waals surface area contributed by atoms with Crippen molar-refractivity contribution < 1.29 is 9.59 Å². The van der Waals surface area contributed by atoms with E-state index in [-0.39, 0.29) is 11.8 Å². The Kier molecular flexibility index (Phi) is 6.61. The number of carbonyl (C=O) groups is 2. The second kappa shape index (κ2) is 8.68. The summed E-state index contributed by atoms with van der Waals surface area (Å²) in [5.74, 6) is 0.539. The second-order valence-corrected chi connectivity index (χ2v) is 6.19. The summed E-state index contributed by atoms with van der Waals surface area (Å²) in [6.07, 6.45) is 1.57. The number of carbonyl (C=O) groups excluding carboxylic acids is 2. The number of likely N-dealkylation sites (tertiary alicyclic amines) is 1. The highest BCUT2D eigenvalue weighted by molar-refractivity contribution is 6.30. The molecular weight excluding hydrogens is 328 g/mol. The Morgan fingerprint density at radius 2 is 1.88 bits per heavy atom. The molecule has 130 valence electrons. The van der Waals surface area contributed by atoms with Crippen molar-refractivity contribution in [2.75, 3.05) is 27.2 Å². The molecule has 0 radical (unpaired) electrons. The van der Waals surface area contributed by atoms with Crippen molar-refractivity contribution in [1.82, 2.24) is 15.1 Å². The van der Waals surface area contributed by atoms with Gasteiger partial charge in [0, 0.05) is 51.6 Å². The van der Waals surface area contributed by atoms with Gasteiger partial charge in [-0.1, -0.05) is 23.7 Å². The smallest absolute Gasteiger partial charge is 0.229 e. The van der Waals surface area contributed by atoms with Gasteiger partial charge in [-0.3, -0.25) is 19.5 Å². The number of guanidine groups is 1. The summed E-state index contributed by atoms with van der Waals surface area (Å²) in [7, 11) is 3.64. The highest BCUT2D eigenvalue weighted by atomic mass is 35.5. The topological polar surface area (TPSA) is 65.0 Å². The molecule has 2 rings (SSSR count). The van der Waals surface area contributed by atoms with Gasteiger partial charge in [-0.2, -0.15) is 0 Å². The summed E-state index contributed by atoms with van der Waals surface area (Å²) in [6, 6.07) is 7.65. The van der Waals surface area contributed by atoms with Crippen molar-refractivity contribution in [2.45, 2.75) is 25.8 Å². The van der Waals surface area contributed by atoms with Crippen LogP contribution in [0.2, 0.25) is 5.02 Å². The SMILES string of the molecule is CN=C(NCCN1C(=O)CCCC1=O)N(C)Cc1ccc(Cl)cc1. The van der Waals surface area contributed by atoms with Crippen LogP contribution < -0.4 is 5.32 Å². The van der Waals surface area contributed by atoms with E-state index in [1.54, 1.807) is 7.05 Å². The Labute approximate surface area is 147 Å². The lowest BCUT2D eigenvalue weighted by atomic mass is 10.1. The van der Waals surface area contributed by atoms with Crippen molar-refractivity contribution in [1.29, 1.82) is 0 Å². The zero-order valence-corrected chi connectivity index (χ0v) is 14.8. The lowest BCUT2D eigenvalue weighted by Crippen LogP contribution is -2.46. The first-order valence-corrected chi connectivity index (χ1v) is 8.38. The highest BCUT2D eigenvalue weighted by Gasteiger charge is 2.25. The summed E-state index contributed by atoms with van der Waals surface area (Å²) in [4.78, 5) is 31.1. The third-order valence-electron chi connectivity index (χ3n) is 3.91. The highest BCUT2D eigenvalue weighted by Crippen LogP contribution is 2.12. The largest absolute Gasteiger partial charge is 0.354 e. The number of hydrogen-bond donors (Lipinski definition) is 1. The molecule has 0 unspecified atom stereocenters. The van der Waals surface area contributed by atoms with Gasteiger partial charge in [-0.25, -0.2) is 0 Å². The first-order chi connectivity index (χ1) is 11.5. The molecule has 1 N–H and O–H groups in total. The number of aliphatic imine (C=N–C) groups is 1. The van der Waals surface area contributed by atoms with Gasteiger partial charge in [0.15, 0.2) is 5.96 Å². The van der Waals surface area contributed by atoms with Gasteiger partial charge >= 0.3 is 0 Å². The number of nitrogens with zero attached hydrogens (tertiary/aromatic N) is 3. The second-order valence-electron chi connectivity index (χ2n) is 5.75. The first-order valence-electron chi connectivity index (χ1n) is 8.00. The molecule has 1 heterocycles. The van der Waals surface area contributed by atoms with E-state index < -0.39 is 0 Å². The van der Waals surface area contributed by atoms with Crippen LogP contribution in [0.1, 0.15) is 24.8 Å². The van der Waals surface area contributed by atoms with Crippen molar-refractivity contribution in [3.05, 3.63) is 34.9 Å². The molecule has 1 aromatic carbocycles. The predicted octanol–water partition coefficient (Wildman–Crippen LogP) is 1.89. The minimum atomic E-state index is -0.0856. The monoisotopic (exact) mass is 350 g/mol. The summed E-state index contributed by atoms with van der Waals surface area (Å²) < 4.78 is 0. The zero-order chi connectivity index (χ0) is 17.5. The van der Waals surface area contributed by atoms with Gasteiger partial charge < -0.3 is 10.2 Å². The molecule has 0 saturated carbocycles. The number of benzene rings is 1. The van der Waals surface area contributed by atoms with Crippen LogP contribution in [0.4, 0.5) is 0 Å². The lowest BCUT2D eigenvalue weighted by Gasteiger charge is -2.26. The Morgan fingerprint density at radius 3 is 2.46 bits per heavy atom. The number of nitrogens with one attached hydrogen (secondary N) is 1. The molecule has 6 nitrogen and oxygen atoms in total. The third kappa shape index (κ3) is 4.96. The molecule has 0 atom stereocenters. The predicted molar refractivity (Wildman–Crippen MR) is 94.9 cm³/mol. The van der Waals surface area contributed by atoms with Crippen molar-refractivity contribution >= 4 is 29.4 Å². The molecule has 24 heavy (non-hydrogen) atoms. The average Bonchev–Trinajstić information content (AvgIpc) is 2.56. The average molecular weight is 351 g/mol. The molecule has 0 spiro atoms. The van der Waals surface area contributed by atoms with Crippen LogP contribution in [-0.2, 0) is 16.1 Å². The quantitative estimate of drug-likeness (QED) is 0.500. The number of imide groups is 1. The summed E-state index contributed by atoms with van der Waals surface area (Å²) in [5, 5.41) is 3.90. The standard InChI is InChI=1S/C17H23ClN4O2/c1-19-17(21(2)12-13-6-8-14(18)9-7-13)20-10-11-22-15(23)4-3-5-16(22)24/h6-9H,3-5,10-12H2,1-2H3,(H,19,20). The molecular formula is C17H23ClN4O2. The molecule has 0 bridgehead atoms. The van der Waals surface area contributed by atoms with E-state index in [2.05, 4.69) is 10.3 Å². The minimum Gasteiger partial charge on any atom is -0.354 e. The number of hydrogen-bond acceptors (Lipinski definition) is 3. The zero-order valence-electron chi connectivity index (χ0n) is 14.1. The minimum absolute atomic E-state index is 0.0856. The molecule has 7 heteroatoms. The van der Waals surface area contributed by atoms with Gasteiger partial charge in [0.25, 0.3) is 0 Å². The maximum absolute atomic E-state index is 11.8. The van der Waals surface area contributed by atoms with Crippen molar-refractivity contribution in [3.63, 3.8) is 0 Å². The fourth-order valence-electron chi connectivity index (χ4n) is 2.65. The summed E-state index contributed by atoms with van der Waals surface area (Å²) >= 11 is 5.89. The van der Waals surface area contributed by atoms with Crippen LogP contribution in [0.5, 0.6) is 0 Å². The Bertz CT molecular complexity index is 600. The number of piperidine rings is 1. The lowest BCUT2D eigenvalue weighted by molar-refractivity contribution is -0.147. The normalized spacial score (nSPS) is 15.6. The fraction of sp³-hybridized carbons (Fsp3) is 0.471. The van der Waals surface area contributed by atoms with Crippen molar-refractivity contribution in [3.8, 4) is 0 Å². The maximum Gasteiger partial charge on any atom is 0.229 e. The number of rotatable bonds is 5. The van der Waals surface area contributed by atoms with E-state index in [1.807, 2.05) is 36.2 Å². The van der Waals surface area contributed by atoms with Crippen LogP contribution in [0, 0.1) is 0 Å². The number of amides is 2. The van der Waals surface area contributed by atoms with Crippen LogP contribution in [0.15, 0.2) is 29.3 Å². The molecule has 0 aromatic heterocycles. The molecule has 1 fully saturated rings. The van der Waals surface area contributed by atoms with E-state index in [0.717, 1.165) is 5.56 Å². The molecule has 1 saturated heterocycles. The van der Waals surface area contributed by atoms with E-state index in [0.29, 0.717) is 49.9 Å². The molecule has 2 amide bonds. The van der Waals surface area contributed by atoms with Crippen molar-refractivity contribution in [2.24, 2.45) is 4.99 Å². The van der Waals surface area contributed by atoms with Crippen LogP contribution in [0.25, 0.3) is 0 Å². The molecule has 1 aromatic rings. The maximum atomic E-state index is 11.8. The van der Waals surface area contributed by atoms with Crippen LogP contribution in [0.3, 0.4) is 0 Å². The van der Waals surface area contributed by atoms with E-state index >= 15 is 0 Å². The van der Waals surface area contributed by atoms with E-state index in [9.17, 15) is 9.59 Å². The van der Waals surface area contributed by atoms with Gasteiger partial charge in [-0.05, 0) is 24.1 Å². The fourth-order valence-corrected chi connectivity index (χ4v) is 2.78. The van der Waals surface area contributed by atoms with Gasteiger partial charge in [0.05, 0.1) is 0 Å². The van der Waals surface area contributed by atoms with Gasteiger partial charge in [-0.15, -0.1) is 0 Å². The van der Waals surface area contributed by atoms with E-state index in [1.165, 1.54) is 4.90 Å². The van der Waals surface area contributed by atoms with E-state index in [4.69, 9.17) is 11.6 Å². The summed E-state index contributed by atoms with van der Waals surface area (Å²) in [6.45, 7) is 1.53. The van der Waals surface area contributed by atoms with Gasteiger partial charge in [0.1, 0.15) is 0 Å². The Hall–Kier alpha value is -2.08. The summed E-state index contributed by atoms with van der Waals surface area (Å²) in [5.41, 5.74) is 1.12. The van der Waals surface area contributed by atoms with Crippen LogP contribution >= 0.6 is 11.6 Å². The van der Waals surface area contributed by atoms with Gasteiger partial charge in [0.2, 0.25) is 11.8 Å². The third-order valence-corrected chi connectivity index (χ3v) is 4.16. The molecule has 0 aliphatic carbocycles. The Balaban J connectivity index is 1.84. The first kappa shape index (κ1) is 18.3. The molecule has 1 aliphatic heterocycles. The Morgan fingerprint density at radius 1 is 1.25 bits per heavy atom. The number of halogens is 1. The molecule has 1 aliphatic rings. The van der Waals surface area contributed by atoms with Crippen LogP contribution in [-0.4, -0.2) is 54.8 Å².